The van der Waals surface area contributed by atoms with Crippen molar-refractivity contribution < 1.29 is 14.4 Å². The van der Waals surface area contributed by atoms with Crippen LogP contribution in [-0.4, -0.2) is 17.7 Å². The van der Waals surface area contributed by atoms with Gasteiger partial charge in [-0.3, -0.25) is 14.4 Å². The van der Waals surface area contributed by atoms with Crippen LogP contribution in [0, 0.1) is 6.92 Å². The normalized spacial score (nSPS) is 13.5. The van der Waals surface area contributed by atoms with Crippen molar-refractivity contribution in [3.8, 4) is 0 Å². The van der Waals surface area contributed by atoms with Crippen LogP contribution >= 0.6 is 46.4 Å². The van der Waals surface area contributed by atoms with Crippen LogP contribution in [0.25, 0.3) is 0 Å². The highest BCUT2D eigenvalue weighted by atomic mass is 35.5. The van der Waals surface area contributed by atoms with Gasteiger partial charge in [0.25, 0.3) is 17.7 Å². The highest BCUT2D eigenvalue weighted by Gasteiger charge is 2.39. The summed E-state index contributed by atoms with van der Waals surface area (Å²) >= 11 is 24.3. The van der Waals surface area contributed by atoms with E-state index in [2.05, 4.69) is 10.6 Å². The Balaban J connectivity index is 1.56. The monoisotopic (exact) mass is 533 g/mol. The van der Waals surface area contributed by atoms with E-state index in [9.17, 15) is 14.4 Å². The number of hydrogen-bond acceptors (Lipinski definition) is 4. The number of halogens is 4. The molecule has 0 bridgehead atoms. The molecule has 0 unspecified atom stereocenters. The molecule has 0 atom stereocenters. The molecule has 0 saturated heterocycles. The Morgan fingerprint density at radius 3 is 2.26 bits per heavy atom. The molecular formula is C24H15Cl4N3O3. The molecule has 0 aliphatic carbocycles. The van der Waals surface area contributed by atoms with Gasteiger partial charge in [-0.15, -0.1) is 0 Å². The SMILES string of the molecule is Cc1c(Cl)cccc1N1C(=O)C(Cl)=C(Nc2cccc(C(=O)Nc3ccc(Cl)c(Cl)c3)c2)C1=O. The highest BCUT2D eigenvalue weighted by molar-refractivity contribution is 6.53. The van der Waals surface area contributed by atoms with E-state index in [1.165, 1.54) is 12.1 Å². The van der Waals surface area contributed by atoms with Crippen molar-refractivity contribution >= 4 is 81.2 Å². The second-order valence-corrected chi connectivity index (χ2v) is 8.91. The summed E-state index contributed by atoms with van der Waals surface area (Å²) < 4.78 is 0. The first-order valence-corrected chi connectivity index (χ1v) is 11.4. The molecule has 4 rings (SSSR count). The Labute approximate surface area is 215 Å². The number of nitrogens with zero attached hydrogens (tertiary/aromatic N) is 1. The van der Waals surface area contributed by atoms with Gasteiger partial charge in [0.15, 0.2) is 0 Å². The molecule has 0 saturated carbocycles. The first-order chi connectivity index (χ1) is 16.2. The third kappa shape index (κ3) is 4.63. The minimum Gasteiger partial charge on any atom is -0.350 e. The second-order valence-electron chi connectivity index (χ2n) is 7.31. The summed E-state index contributed by atoms with van der Waals surface area (Å²) in [5.74, 6) is -1.72. The number of imide groups is 1. The minimum atomic E-state index is -0.673. The highest BCUT2D eigenvalue weighted by Crippen LogP contribution is 2.34. The van der Waals surface area contributed by atoms with E-state index in [-0.39, 0.29) is 10.7 Å². The van der Waals surface area contributed by atoms with Crippen molar-refractivity contribution in [2.45, 2.75) is 6.92 Å². The second kappa shape index (κ2) is 9.68. The van der Waals surface area contributed by atoms with E-state index < -0.39 is 17.7 Å². The molecule has 10 heteroatoms. The van der Waals surface area contributed by atoms with Crippen LogP contribution < -0.4 is 15.5 Å². The van der Waals surface area contributed by atoms with Gasteiger partial charge in [-0.05, 0) is 61.0 Å². The summed E-state index contributed by atoms with van der Waals surface area (Å²) in [6, 6.07) is 16.0. The predicted molar refractivity (Wildman–Crippen MR) is 136 cm³/mol. The van der Waals surface area contributed by atoms with Crippen molar-refractivity contribution in [3.05, 3.63) is 97.6 Å². The van der Waals surface area contributed by atoms with E-state index in [0.29, 0.717) is 43.3 Å². The lowest BCUT2D eigenvalue weighted by Gasteiger charge is -2.18. The van der Waals surface area contributed by atoms with Gasteiger partial charge in [-0.2, -0.15) is 0 Å². The largest absolute Gasteiger partial charge is 0.350 e. The Kier molecular flexibility index (Phi) is 6.86. The number of anilines is 3. The summed E-state index contributed by atoms with van der Waals surface area (Å²) in [4.78, 5) is 39.5. The quantitative estimate of drug-likeness (QED) is 0.359. The summed E-state index contributed by atoms with van der Waals surface area (Å²) in [5, 5.41) is 6.41. The maximum Gasteiger partial charge on any atom is 0.283 e. The van der Waals surface area contributed by atoms with Crippen LogP contribution in [-0.2, 0) is 9.59 Å². The predicted octanol–water partition coefficient (Wildman–Crippen LogP) is 6.64. The lowest BCUT2D eigenvalue weighted by Crippen LogP contribution is -2.32. The number of carbonyl (C=O) groups is 3. The molecule has 3 amide bonds. The van der Waals surface area contributed by atoms with Crippen LogP contribution in [0.4, 0.5) is 17.1 Å². The van der Waals surface area contributed by atoms with Crippen molar-refractivity contribution in [2.24, 2.45) is 0 Å². The van der Waals surface area contributed by atoms with Gasteiger partial charge < -0.3 is 10.6 Å². The van der Waals surface area contributed by atoms with Crippen LogP contribution in [0.5, 0.6) is 0 Å². The molecule has 3 aromatic rings. The molecule has 34 heavy (non-hydrogen) atoms. The van der Waals surface area contributed by atoms with Crippen LogP contribution in [0.1, 0.15) is 15.9 Å². The standard InChI is InChI=1S/C24H15Cl4N3O3/c1-12-16(25)6-3-7-19(12)31-23(33)20(28)21(24(31)34)29-14-5-2-4-13(10-14)22(32)30-15-8-9-17(26)18(27)11-15/h2-11,29H,1H3,(H,30,32). The third-order valence-electron chi connectivity index (χ3n) is 5.08. The Hall–Kier alpha value is -3.03. The average molecular weight is 535 g/mol. The fourth-order valence-electron chi connectivity index (χ4n) is 3.33. The van der Waals surface area contributed by atoms with E-state index in [0.717, 1.165) is 4.90 Å². The van der Waals surface area contributed by atoms with Gasteiger partial charge in [-0.25, -0.2) is 4.90 Å². The summed E-state index contributed by atoms with van der Waals surface area (Å²) in [6.07, 6.45) is 0. The molecular weight excluding hydrogens is 520 g/mol. The number of amides is 3. The van der Waals surface area contributed by atoms with Gasteiger partial charge in [0.2, 0.25) is 0 Å². The van der Waals surface area contributed by atoms with E-state index in [1.54, 1.807) is 55.5 Å². The molecule has 0 fully saturated rings. The number of carbonyl (C=O) groups excluding carboxylic acids is 3. The van der Waals surface area contributed by atoms with E-state index in [1.807, 2.05) is 0 Å². The molecule has 3 aromatic carbocycles. The van der Waals surface area contributed by atoms with Crippen LogP contribution in [0.3, 0.4) is 0 Å². The lowest BCUT2D eigenvalue weighted by molar-refractivity contribution is -0.120. The van der Waals surface area contributed by atoms with Crippen molar-refractivity contribution in [2.75, 3.05) is 15.5 Å². The van der Waals surface area contributed by atoms with Gasteiger partial charge in [0.05, 0.1) is 15.7 Å². The number of benzene rings is 3. The first kappa shape index (κ1) is 24.1. The number of rotatable bonds is 5. The Morgan fingerprint density at radius 1 is 0.794 bits per heavy atom. The lowest BCUT2D eigenvalue weighted by atomic mass is 10.1. The zero-order valence-corrected chi connectivity index (χ0v) is 20.5. The fourth-order valence-corrected chi connectivity index (χ4v) is 4.01. The van der Waals surface area contributed by atoms with Crippen molar-refractivity contribution in [3.63, 3.8) is 0 Å². The third-order valence-corrected chi connectivity index (χ3v) is 6.58. The maximum atomic E-state index is 13.1. The maximum absolute atomic E-state index is 13.1. The molecule has 1 aliphatic rings. The molecule has 1 aliphatic heterocycles. The van der Waals surface area contributed by atoms with Gasteiger partial charge >= 0.3 is 0 Å². The molecule has 2 N–H and O–H groups in total. The first-order valence-electron chi connectivity index (χ1n) is 9.84. The minimum absolute atomic E-state index is 0.104. The van der Waals surface area contributed by atoms with Gasteiger partial charge in [0.1, 0.15) is 10.7 Å². The van der Waals surface area contributed by atoms with Gasteiger partial charge in [-0.1, -0.05) is 58.5 Å². The zero-order chi connectivity index (χ0) is 24.6. The molecule has 0 spiro atoms. The molecule has 0 radical (unpaired) electrons. The fraction of sp³-hybridized carbons (Fsp3) is 0.0417. The zero-order valence-electron chi connectivity index (χ0n) is 17.5. The molecule has 172 valence electrons. The molecule has 0 aromatic heterocycles. The van der Waals surface area contributed by atoms with E-state index in [4.69, 9.17) is 46.4 Å². The average Bonchev–Trinajstić information content (AvgIpc) is 3.01. The van der Waals surface area contributed by atoms with Gasteiger partial charge in [0, 0.05) is 22.0 Å². The molecule has 6 nitrogen and oxygen atoms in total. The summed E-state index contributed by atoms with van der Waals surface area (Å²) in [5.41, 5.74) is 1.96. The van der Waals surface area contributed by atoms with Crippen molar-refractivity contribution in [1.29, 1.82) is 0 Å². The topological polar surface area (TPSA) is 78.5 Å². The van der Waals surface area contributed by atoms with E-state index >= 15 is 0 Å². The Bertz CT molecular complexity index is 1390. The molecule has 1 heterocycles. The Morgan fingerprint density at radius 2 is 1.53 bits per heavy atom. The smallest absolute Gasteiger partial charge is 0.283 e. The number of hydrogen-bond donors (Lipinski definition) is 2. The van der Waals surface area contributed by atoms with Crippen molar-refractivity contribution in [1.82, 2.24) is 0 Å². The summed E-state index contributed by atoms with van der Waals surface area (Å²) in [6.45, 7) is 1.70. The van der Waals surface area contributed by atoms with Crippen LogP contribution in [0.15, 0.2) is 71.4 Å². The summed E-state index contributed by atoms with van der Waals surface area (Å²) in [7, 11) is 0. The number of nitrogens with one attached hydrogen (secondary N) is 2. The van der Waals surface area contributed by atoms with Crippen LogP contribution in [0.2, 0.25) is 15.1 Å².